The first-order chi connectivity index (χ1) is 11.3. The van der Waals surface area contributed by atoms with Crippen molar-refractivity contribution in [1.82, 2.24) is 9.55 Å². The molecule has 1 N–H and O–H groups in total. The molecule has 1 aromatic heterocycles. The third-order valence-electron chi connectivity index (χ3n) is 3.59. The quantitative estimate of drug-likeness (QED) is 0.878. The summed E-state index contributed by atoms with van der Waals surface area (Å²) in [6.07, 6.45) is 0. The zero-order valence-corrected chi connectivity index (χ0v) is 14.7. The van der Waals surface area contributed by atoms with Crippen LogP contribution in [-0.2, 0) is 6.54 Å². The van der Waals surface area contributed by atoms with Crippen molar-refractivity contribution in [2.24, 2.45) is 0 Å². The molecule has 2 rings (SSSR count). The summed E-state index contributed by atoms with van der Waals surface area (Å²) in [5, 5.41) is 0. The van der Waals surface area contributed by atoms with E-state index in [2.05, 4.69) is 16.8 Å². The van der Waals surface area contributed by atoms with Crippen LogP contribution in [0.15, 0.2) is 27.8 Å². The summed E-state index contributed by atoms with van der Waals surface area (Å²) < 4.78 is 7.36. The minimum Gasteiger partial charge on any atom is -0.440 e. The second kappa shape index (κ2) is 7.22. The zero-order valence-electron chi connectivity index (χ0n) is 14.7. The fraction of sp³-hybridized carbons (Fsp3) is 0.368. The van der Waals surface area contributed by atoms with Crippen LogP contribution in [0.3, 0.4) is 0 Å². The van der Waals surface area contributed by atoms with Crippen molar-refractivity contribution in [3.63, 3.8) is 0 Å². The van der Waals surface area contributed by atoms with Crippen molar-refractivity contribution in [3.05, 3.63) is 55.7 Å². The number of rotatable bonds is 4. The molecule has 1 aromatic carbocycles. The van der Waals surface area contributed by atoms with E-state index in [9.17, 15) is 9.59 Å². The van der Waals surface area contributed by atoms with E-state index in [0.717, 1.165) is 11.1 Å². The Balaban J connectivity index is 2.69. The van der Waals surface area contributed by atoms with Gasteiger partial charge in [-0.1, -0.05) is 25.8 Å². The van der Waals surface area contributed by atoms with Gasteiger partial charge in [-0.25, -0.2) is 4.79 Å². The Hall–Kier alpha value is -2.74. The van der Waals surface area contributed by atoms with Crippen LogP contribution < -0.4 is 16.0 Å². The smallest absolute Gasteiger partial charge is 0.332 e. The van der Waals surface area contributed by atoms with E-state index < -0.39 is 11.2 Å². The molecule has 0 saturated carbocycles. The van der Waals surface area contributed by atoms with Gasteiger partial charge < -0.3 is 4.74 Å². The summed E-state index contributed by atoms with van der Waals surface area (Å²) in [6.45, 7) is 9.57. The molecular weight excluding hydrogens is 304 g/mol. The van der Waals surface area contributed by atoms with E-state index in [1.54, 1.807) is 6.92 Å². The Kier molecular flexibility index (Phi) is 5.30. The van der Waals surface area contributed by atoms with Crippen LogP contribution in [-0.4, -0.2) is 9.55 Å². The summed E-state index contributed by atoms with van der Waals surface area (Å²) in [5.41, 5.74) is 1.58. The number of benzene rings is 1. The standard InChI is InChI=1S/C19H22N2O3/c1-6-7-8-21-18(16(12(2)3)17(22)20-19(21)23)24-15-10-13(4)9-14(5)11-15/h9-12H,8H2,1-5H3,(H,20,22,23). The summed E-state index contributed by atoms with van der Waals surface area (Å²) in [7, 11) is 0. The van der Waals surface area contributed by atoms with Gasteiger partial charge in [0.2, 0.25) is 5.88 Å². The van der Waals surface area contributed by atoms with Crippen LogP contribution in [0.5, 0.6) is 11.6 Å². The maximum absolute atomic E-state index is 12.3. The maximum Gasteiger partial charge on any atom is 0.332 e. The molecule has 0 atom stereocenters. The molecule has 0 spiro atoms. The van der Waals surface area contributed by atoms with Crippen molar-refractivity contribution in [2.45, 2.75) is 47.1 Å². The topological polar surface area (TPSA) is 64.1 Å². The molecule has 5 heteroatoms. The van der Waals surface area contributed by atoms with Crippen molar-refractivity contribution < 1.29 is 4.74 Å². The molecule has 0 aliphatic carbocycles. The van der Waals surface area contributed by atoms with E-state index in [1.165, 1.54) is 4.57 Å². The van der Waals surface area contributed by atoms with Gasteiger partial charge in [0.25, 0.3) is 5.56 Å². The first-order valence-electron chi connectivity index (χ1n) is 7.86. The maximum atomic E-state index is 12.3. The second-order valence-corrected chi connectivity index (χ2v) is 6.07. The van der Waals surface area contributed by atoms with Gasteiger partial charge in [-0.3, -0.25) is 14.3 Å². The van der Waals surface area contributed by atoms with Crippen molar-refractivity contribution >= 4 is 0 Å². The van der Waals surface area contributed by atoms with E-state index in [0.29, 0.717) is 11.3 Å². The largest absolute Gasteiger partial charge is 0.440 e. The van der Waals surface area contributed by atoms with Crippen LogP contribution >= 0.6 is 0 Å². The van der Waals surface area contributed by atoms with Crippen molar-refractivity contribution in [1.29, 1.82) is 0 Å². The highest BCUT2D eigenvalue weighted by atomic mass is 16.5. The van der Waals surface area contributed by atoms with Crippen LogP contribution in [0, 0.1) is 25.7 Å². The number of hydrogen-bond acceptors (Lipinski definition) is 3. The Bertz CT molecular complexity index is 904. The molecule has 0 amide bonds. The summed E-state index contributed by atoms with van der Waals surface area (Å²) >= 11 is 0. The SMILES string of the molecule is CC#CCn1c(Oc2cc(C)cc(C)c2)c(C(C)C)c(=O)[nH]c1=O. The molecule has 0 fully saturated rings. The van der Waals surface area contributed by atoms with Gasteiger partial charge in [-0.05, 0) is 49.9 Å². The average Bonchev–Trinajstić information content (AvgIpc) is 2.45. The number of ether oxygens (including phenoxy) is 1. The third kappa shape index (κ3) is 3.77. The van der Waals surface area contributed by atoms with Crippen molar-refractivity contribution in [3.8, 4) is 23.5 Å². The molecule has 0 aliphatic rings. The molecule has 24 heavy (non-hydrogen) atoms. The zero-order chi connectivity index (χ0) is 17.9. The van der Waals surface area contributed by atoms with Gasteiger partial charge in [-0.15, -0.1) is 5.92 Å². The first kappa shape index (κ1) is 17.6. The number of hydrogen-bond donors (Lipinski definition) is 1. The van der Waals surface area contributed by atoms with E-state index in [4.69, 9.17) is 4.74 Å². The summed E-state index contributed by atoms with van der Waals surface area (Å²) in [5.74, 6) is 6.36. The highest BCUT2D eigenvalue weighted by Gasteiger charge is 2.19. The van der Waals surface area contributed by atoms with Crippen LogP contribution in [0.4, 0.5) is 0 Å². The number of nitrogens with zero attached hydrogens (tertiary/aromatic N) is 1. The molecule has 2 aromatic rings. The van der Waals surface area contributed by atoms with Gasteiger partial charge in [0, 0.05) is 0 Å². The number of nitrogens with one attached hydrogen (secondary N) is 1. The number of aryl methyl sites for hydroxylation is 2. The highest BCUT2D eigenvalue weighted by Crippen LogP contribution is 2.28. The lowest BCUT2D eigenvalue weighted by molar-refractivity contribution is 0.413. The Morgan fingerprint density at radius 2 is 1.79 bits per heavy atom. The lowest BCUT2D eigenvalue weighted by atomic mass is 10.1. The second-order valence-electron chi connectivity index (χ2n) is 6.07. The Labute approximate surface area is 141 Å². The third-order valence-corrected chi connectivity index (χ3v) is 3.59. The molecule has 126 valence electrons. The predicted octanol–water partition coefficient (Wildman–Crippen LogP) is 3.09. The number of aromatic amines is 1. The minimum atomic E-state index is -0.522. The molecule has 0 unspecified atom stereocenters. The molecule has 0 bridgehead atoms. The molecule has 0 radical (unpaired) electrons. The van der Waals surface area contributed by atoms with E-state index in [-0.39, 0.29) is 18.3 Å². The Morgan fingerprint density at radius 1 is 1.17 bits per heavy atom. The fourth-order valence-electron chi connectivity index (χ4n) is 2.59. The molecule has 0 aliphatic heterocycles. The molecule has 0 saturated heterocycles. The van der Waals surface area contributed by atoms with Gasteiger partial charge >= 0.3 is 5.69 Å². The average molecular weight is 326 g/mol. The minimum absolute atomic E-state index is 0.101. The van der Waals surface area contributed by atoms with E-state index >= 15 is 0 Å². The monoisotopic (exact) mass is 326 g/mol. The van der Waals surface area contributed by atoms with Gasteiger partial charge in [-0.2, -0.15) is 0 Å². The van der Waals surface area contributed by atoms with Crippen LogP contribution in [0.1, 0.15) is 43.4 Å². The predicted molar refractivity (Wildman–Crippen MR) is 94.9 cm³/mol. The lowest BCUT2D eigenvalue weighted by Gasteiger charge is -2.17. The summed E-state index contributed by atoms with van der Waals surface area (Å²) in [4.78, 5) is 26.8. The molecule has 5 nitrogen and oxygen atoms in total. The van der Waals surface area contributed by atoms with Crippen LogP contribution in [0.25, 0.3) is 0 Å². The van der Waals surface area contributed by atoms with Gasteiger partial charge in [0.1, 0.15) is 5.75 Å². The Morgan fingerprint density at radius 3 is 2.33 bits per heavy atom. The molecule has 1 heterocycles. The first-order valence-corrected chi connectivity index (χ1v) is 7.86. The lowest BCUT2D eigenvalue weighted by Crippen LogP contribution is -2.33. The summed E-state index contributed by atoms with van der Waals surface area (Å²) in [6, 6.07) is 5.78. The highest BCUT2D eigenvalue weighted by molar-refractivity contribution is 5.38. The number of aromatic nitrogens is 2. The van der Waals surface area contributed by atoms with Crippen molar-refractivity contribution in [2.75, 3.05) is 0 Å². The van der Waals surface area contributed by atoms with Crippen LogP contribution in [0.2, 0.25) is 0 Å². The van der Waals surface area contributed by atoms with E-state index in [1.807, 2.05) is 45.9 Å². The fourth-order valence-corrected chi connectivity index (χ4v) is 2.59. The van der Waals surface area contributed by atoms with Gasteiger partial charge in [0.15, 0.2) is 0 Å². The van der Waals surface area contributed by atoms with Gasteiger partial charge in [0.05, 0.1) is 12.1 Å². The molecular formula is C19H22N2O3. The normalized spacial score (nSPS) is 10.4. The number of H-pyrrole nitrogens is 1.